The molecule has 0 bridgehead atoms. The van der Waals surface area contributed by atoms with E-state index in [1.165, 1.54) is 5.39 Å². The summed E-state index contributed by atoms with van der Waals surface area (Å²) >= 11 is 0. The first-order chi connectivity index (χ1) is 5.90. The standard InChI is InChI=1S/C11H9O.K/c12-8-9-5-6-10-3-1-2-4-11(10)7-9;/h1-7H,8H2;/q-1;+1. The van der Waals surface area contributed by atoms with Crippen molar-refractivity contribution in [3.63, 3.8) is 0 Å². The van der Waals surface area contributed by atoms with E-state index in [2.05, 4.69) is 0 Å². The fraction of sp³-hybridized carbons (Fsp3) is 0.0909. The first-order valence-electron chi connectivity index (χ1n) is 3.96. The van der Waals surface area contributed by atoms with Gasteiger partial charge in [-0.05, 0) is 10.8 Å². The molecular formula is C11H9KO. The van der Waals surface area contributed by atoms with E-state index in [1.807, 2.05) is 42.5 Å². The van der Waals surface area contributed by atoms with Gasteiger partial charge in [-0.2, -0.15) is 0 Å². The summed E-state index contributed by atoms with van der Waals surface area (Å²) in [6.07, 6.45) is 0. The monoisotopic (exact) mass is 196 g/mol. The van der Waals surface area contributed by atoms with Gasteiger partial charge in [0.25, 0.3) is 0 Å². The van der Waals surface area contributed by atoms with Crippen molar-refractivity contribution >= 4 is 10.8 Å². The Bertz CT molecular complexity index is 398. The molecular weight excluding hydrogens is 187 g/mol. The molecule has 0 radical (unpaired) electrons. The Kier molecular flexibility index (Phi) is 4.59. The number of fused-ring (bicyclic) bond motifs is 1. The third-order valence-corrected chi connectivity index (χ3v) is 1.98. The molecule has 2 aromatic carbocycles. The fourth-order valence-electron chi connectivity index (χ4n) is 1.33. The minimum atomic E-state index is -0.134. The molecule has 0 saturated carbocycles. The van der Waals surface area contributed by atoms with Gasteiger partial charge in [-0.1, -0.05) is 48.0 Å². The van der Waals surface area contributed by atoms with Crippen LogP contribution < -0.4 is 56.5 Å². The van der Waals surface area contributed by atoms with Gasteiger partial charge < -0.3 is 5.11 Å². The second-order valence-electron chi connectivity index (χ2n) is 2.83. The molecule has 0 aliphatic carbocycles. The SMILES string of the molecule is [K+].[O-]Cc1ccc2ccccc2c1. The molecule has 0 heterocycles. The van der Waals surface area contributed by atoms with Gasteiger partial charge in [-0.3, -0.25) is 0 Å². The normalized spacial score (nSPS) is 9.62. The van der Waals surface area contributed by atoms with Crippen molar-refractivity contribution in [1.82, 2.24) is 0 Å². The van der Waals surface area contributed by atoms with E-state index in [4.69, 9.17) is 0 Å². The zero-order valence-electron chi connectivity index (χ0n) is 7.66. The topological polar surface area (TPSA) is 23.1 Å². The third-order valence-electron chi connectivity index (χ3n) is 1.98. The largest absolute Gasteiger partial charge is 1.00 e. The predicted octanol–water partition coefficient (Wildman–Crippen LogP) is -1.30. The number of benzene rings is 2. The average Bonchev–Trinajstić information content (AvgIpc) is 2.17. The fourth-order valence-corrected chi connectivity index (χ4v) is 1.33. The van der Waals surface area contributed by atoms with Crippen LogP contribution in [-0.2, 0) is 6.61 Å². The smallest absolute Gasteiger partial charge is 0.851 e. The average molecular weight is 196 g/mol. The molecule has 2 heteroatoms. The molecule has 0 atom stereocenters. The van der Waals surface area contributed by atoms with E-state index < -0.39 is 0 Å². The molecule has 0 fully saturated rings. The third kappa shape index (κ3) is 2.62. The van der Waals surface area contributed by atoms with Gasteiger partial charge in [0.05, 0.1) is 0 Å². The van der Waals surface area contributed by atoms with E-state index in [9.17, 15) is 5.11 Å². The van der Waals surface area contributed by atoms with Crippen molar-refractivity contribution in [1.29, 1.82) is 0 Å². The van der Waals surface area contributed by atoms with Crippen LogP contribution >= 0.6 is 0 Å². The molecule has 0 aliphatic heterocycles. The molecule has 1 nitrogen and oxygen atoms in total. The van der Waals surface area contributed by atoms with Gasteiger partial charge in [0.15, 0.2) is 0 Å². The van der Waals surface area contributed by atoms with Crippen LogP contribution in [0.2, 0.25) is 0 Å². The molecule has 2 rings (SSSR count). The first kappa shape index (κ1) is 11.4. The zero-order valence-corrected chi connectivity index (χ0v) is 10.8. The first-order valence-corrected chi connectivity index (χ1v) is 3.96. The van der Waals surface area contributed by atoms with Crippen LogP contribution in [0, 0.1) is 0 Å². The molecule has 60 valence electrons. The Hall–Kier alpha value is 0.296. The minimum absolute atomic E-state index is 0. The number of rotatable bonds is 1. The summed E-state index contributed by atoms with van der Waals surface area (Å²) in [7, 11) is 0. The van der Waals surface area contributed by atoms with Gasteiger partial charge in [0, 0.05) is 0 Å². The zero-order chi connectivity index (χ0) is 8.39. The molecule has 2 aromatic rings. The second-order valence-corrected chi connectivity index (χ2v) is 2.83. The van der Waals surface area contributed by atoms with Crippen molar-refractivity contribution in [2.24, 2.45) is 0 Å². The van der Waals surface area contributed by atoms with Crippen molar-refractivity contribution in [3.05, 3.63) is 48.0 Å². The summed E-state index contributed by atoms with van der Waals surface area (Å²) in [5.74, 6) is 0. The van der Waals surface area contributed by atoms with Crippen LogP contribution in [0.15, 0.2) is 42.5 Å². The summed E-state index contributed by atoms with van der Waals surface area (Å²) in [5, 5.41) is 12.9. The van der Waals surface area contributed by atoms with Crippen molar-refractivity contribution in [2.75, 3.05) is 0 Å². The second kappa shape index (κ2) is 5.24. The minimum Gasteiger partial charge on any atom is -0.851 e. The molecule has 0 N–H and O–H groups in total. The Labute approximate surface area is 120 Å². The molecule has 0 amide bonds. The maximum absolute atomic E-state index is 10.6. The Balaban J connectivity index is 0.000000845. The van der Waals surface area contributed by atoms with Crippen LogP contribution in [0.4, 0.5) is 0 Å². The van der Waals surface area contributed by atoms with Crippen molar-refractivity contribution in [2.45, 2.75) is 6.61 Å². The van der Waals surface area contributed by atoms with Gasteiger partial charge in [-0.25, -0.2) is 0 Å². The summed E-state index contributed by atoms with van der Waals surface area (Å²) < 4.78 is 0. The number of hydrogen-bond acceptors (Lipinski definition) is 1. The van der Waals surface area contributed by atoms with E-state index >= 15 is 0 Å². The predicted molar refractivity (Wildman–Crippen MR) is 47.7 cm³/mol. The van der Waals surface area contributed by atoms with Crippen LogP contribution in [0.5, 0.6) is 0 Å². The molecule has 0 aromatic heterocycles. The molecule has 0 saturated heterocycles. The van der Waals surface area contributed by atoms with Crippen LogP contribution in [0.25, 0.3) is 10.8 Å². The van der Waals surface area contributed by atoms with E-state index in [-0.39, 0.29) is 58.0 Å². The molecule has 0 unspecified atom stereocenters. The summed E-state index contributed by atoms with van der Waals surface area (Å²) in [5.41, 5.74) is 0.855. The molecule has 0 aliphatic rings. The van der Waals surface area contributed by atoms with Crippen molar-refractivity contribution < 1.29 is 56.5 Å². The molecule has 13 heavy (non-hydrogen) atoms. The van der Waals surface area contributed by atoms with Gasteiger partial charge in [0.1, 0.15) is 0 Å². The Morgan fingerprint density at radius 1 is 0.923 bits per heavy atom. The van der Waals surface area contributed by atoms with Crippen molar-refractivity contribution in [3.8, 4) is 0 Å². The number of hydrogen-bond donors (Lipinski definition) is 0. The Morgan fingerprint density at radius 3 is 2.31 bits per heavy atom. The van der Waals surface area contributed by atoms with E-state index in [0.29, 0.717) is 0 Å². The quantitative estimate of drug-likeness (QED) is 0.520. The van der Waals surface area contributed by atoms with Gasteiger partial charge in [0.2, 0.25) is 0 Å². The van der Waals surface area contributed by atoms with Crippen LogP contribution in [-0.4, -0.2) is 0 Å². The maximum atomic E-state index is 10.6. The van der Waals surface area contributed by atoms with Crippen LogP contribution in [0.1, 0.15) is 5.56 Å². The Morgan fingerprint density at radius 2 is 1.62 bits per heavy atom. The van der Waals surface area contributed by atoms with E-state index in [0.717, 1.165) is 10.9 Å². The van der Waals surface area contributed by atoms with E-state index in [1.54, 1.807) is 0 Å². The summed E-state index contributed by atoms with van der Waals surface area (Å²) in [6, 6.07) is 13.9. The van der Waals surface area contributed by atoms with Gasteiger partial charge in [-0.15, -0.1) is 6.61 Å². The molecule has 0 spiro atoms. The van der Waals surface area contributed by atoms with Crippen LogP contribution in [0.3, 0.4) is 0 Å². The maximum Gasteiger partial charge on any atom is 1.00 e. The summed E-state index contributed by atoms with van der Waals surface area (Å²) in [4.78, 5) is 0. The summed E-state index contributed by atoms with van der Waals surface area (Å²) in [6.45, 7) is -0.134. The van der Waals surface area contributed by atoms with Gasteiger partial charge >= 0.3 is 51.4 Å².